The standard InChI is InChI=1S/C29H32N6O7/c1-15(30)26(38)33-23(12-25(36)37)28(40)34-22(10-16-13-31-20-8-4-2-6-18(16)20)27(39)35-24(29(41)42)11-17-14-32-21-9-5-3-7-19(17)21/h2-9,13-15,22-24,31-32H,10-12,30H2,1H3,(H,33,38)(H,34,40)(H,35,39)(H,36,37)(H,41,42). The zero-order valence-electron chi connectivity index (χ0n) is 22.7. The molecule has 4 unspecified atom stereocenters. The van der Waals surface area contributed by atoms with Crippen molar-refractivity contribution in [2.24, 2.45) is 5.73 Å². The largest absolute Gasteiger partial charge is 0.481 e. The molecule has 0 radical (unpaired) electrons. The number of nitrogens with one attached hydrogen (secondary N) is 5. The molecule has 42 heavy (non-hydrogen) atoms. The number of hydrogen-bond donors (Lipinski definition) is 8. The van der Waals surface area contributed by atoms with E-state index in [1.54, 1.807) is 18.5 Å². The van der Waals surface area contributed by atoms with Gasteiger partial charge in [0.25, 0.3) is 0 Å². The second kappa shape index (κ2) is 13.0. The van der Waals surface area contributed by atoms with E-state index in [0.717, 1.165) is 21.8 Å². The van der Waals surface area contributed by atoms with Crippen LogP contribution in [-0.2, 0) is 36.8 Å². The summed E-state index contributed by atoms with van der Waals surface area (Å²) in [4.78, 5) is 68.8. The van der Waals surface area contributed by atoms with E-state index in [4.69, 9.17) is 5.73 Å². The summed E-state index contributed by atoms with van der Waals surface area (Å²) in [6.07, 6.45) is 2.50. The maximum absolute atomic E-state index is 13.6. The topological polar surface area (TPSA) is 219 Å². The maximum atomic E-state index is 13.6. The molecule has 0 saturated carbocycles. The highest BCUT2D eigenvalue weighted by Gasteiger charge is 2.32. The Morgan fingerprint density at radius 1 is 0.714 bits per heavy atom. The van der Waals surface area contributed by atoms with Gasteiger partial charge in [0.05, 0.1) is 12.5 Å². The van der Waals surface area contributed by atoms with Crippen LogP contribution in [0, 0.1) is 0 Å². The van der Waals surface area contributed by atoms with E-state index >= 15 is 0 Å². The van der Waals surface area contributed by atoms with Gasteiger partial charge in [-0.2, -0.15) is 0 Å². The molecule has 220 valence electrons. The number of carboxylic acid groups (broad SMARTS) is 2. The molecule has 0 fully saturated rings. The van der Waals surface area contributed by atoms with Gasteiger partial charge in [-0.15, -0.1) is 0 Å². The number of rotatable bonds is 13. The Balaban J connectivity index is 1.60. The van der Waals surface area contributed by atoms with E-state index in [1.165, 1.54) is 6.92 Å². The van der Waals surface area contributed by atoms with Crippen molar-refractivity contribution in [3.8, 4) is 0 Å². The van der Waals surface area contributed by atoms with Crippen LogP contribution in [0.15, 0.2) is 60.9 Å². The fourth-order valence-electron chi connectivity index (χ4n) is 4.68. The van der Waals surface area contributed by atoms with Gasteiger partial charge in [-0.05, 0) is 30.2 Å². The molecule has 2 aromatic heterocycles. The van der Waals surface area contributed by atoms with E-state index in [2.05, 4.69) is 25.9 Å². The van der Waals surface area contributed by atoms with E-state index < -0.39 is 60.2 Å². The summed E-state index contributed by atoms with van der Waals surface area (Å²) in [5.74, 6) is -5.12. The minimum atomic E-state index is -1.53. The summed E-state index contributed by atoms with van der Waals surface area (Å²) in [6, 6.07) is 9.43. The summed E-state index contributed by atoms with van der Waals surface area (Å²) >= 11 is 0. The molecular formula is C29H32N6O7. The van der Waals surface area contributed by atoms with Crippen molar-refractivity contribution in [1.82, 2.24) is 25.9 Å². The highest BCUT2D eigenvalue weighted by molar-refractivity contribution is 5.96. The van der Waals surface area contributed by atoms with Crippen LogP contribution in [-0.4, -0.2) is 74.0 Å². The molecule has 0 bridgehead atoms. The number of aliphatic carboxylic acids is 2. The third kappa shape index (κ3) is 7.12. The number of amides is 3. The molecule has 9 N–H and O–H groups in total. The van der Waals surface area contributed by atoms with Crippen LogP contribution in [0.1, 0.15) is 24.5 Å². The minimum Gasteiger partial charge on any atom is -0.481 e. The molecule has 0 aliphatic carbocycles. The fourth-order valence-corrected chi connectivity index (χ4v) is 4.68. The van der Waals surface area contributed by atoms with Crippen molar-refractivity contribution in [2.45, 2.75) is 50.4 Å². The predicted molar refractivity (Wildman–Crippen MR) is 153 cm³/mol. The molecule has 0 aliphatic heterocycles. The average molecular weight is 577 g/mol. The minimum absolute atomic E-state index is 0.0368. The van der Waals surface area contributed by atoms with Crippen LogP contribution in [0.4, 0.5) is 0 Å². The highest BCUT2D eigenvalue weighted by atomic mass is 16.4. The van der Waals surface area contributed by atoms with Gasteiger partial charge in [0.1, 0.15) is 18.1 Å². The molecule has 0 aliphatic rings. The Bertz CT molecular complexity index is 1620. The first-order valence-corrected chi connectivity index (χ1v) is 13.2. The van der Waals surface area contributed by atoms with E-state index in [0.29, 0.717) is 11.1 Å². The number of aromatic amines is 2. The van der Waals surface area contributed by atoms with Gasteiger partial charge in [0, 0.05) is 47.0 Å². The number of benzene rings is 2. The van der Waals surface area contributed by atoms with Gasteiger partial charge in [-0.3, -0.25) is 19.2 Å². The van der Waals surface area contributed by atoms with E-state index in [-0.39, 0.29) is 12.8 Å². The number of fused-ring (bicyclic) bond motifs is 2. The summed E-state index contributed by atoms with van der Waals surface area (Å²) in [6.45, 7) is 1.37. The van der Waals surface area contributed by atoms with Gasteiger partial charge >= 0.3 is 11.9 Å². The number of hydrogen-bond acceptors (Lipinski definition) is 6. The van der Waals surface area contributed by atoms with Gasteiger partial charge < -0.3 is 41.9 Å². The Hall–Kier alpha value is -5.17. The van der Waals surface area contributed by atoms with Crippen LogP contribution in [0.2, 0.25) is 0 Å². The van der Waals surface area contributed by atoms with Crippen molar-refractivity contribution < 1.29 is 34.2 Å². The van der Waals surface area contributed by atoms with Crippen LogP contribution in [0.5, 0.6) is 0 Å². The van der Waals surface area contributed by atoms with Gasteiger partial charge in [-0.25, -0.2) is 4.79 Å². The molecule has 2 heterocycles. The lowest BCUT2D eigenvalue weighted by molar-refractivity contribution is -0.143. The second-order valence-electron chi connectivity index (χ2n) is 10.0. The average Bonchev–Trinajstić information content (AvgIpc) is 3.55. The molecule has 3 amide bonds. The molecule has 4 rings (SSSR count). The summed E-state index contributed by atoms with van der Waals surface area (Å²) in [5, 5.41) is 28.2. The Kier molecular flexibility index (Phi) is 9.22. The third-order valence-electron chi connectivity index (χ3n) is 6.87. The number of carbonyl (C=O) groups is 5. The lowest BCUT2D eigenvalue weighted by atomic mass is 10.0. The number of aromatic nitrogens is 2. The number of H-pyrrole nitrogens is 2. The molecule has 0 saturated heterocycles. The molecular weight excluding hydrogens is 544 g/mol. The predicted octanol–water partition coefficient (Wildman–Crippen LogP) is 0.795. The van der Waals surface area contributed by atoms with E-state index in [1.807, 2.05) is 42.5 Å². The summed E-state index contributed by atoms with van der Waals surface area (Å²) in [7, 11) is 0. The Morgan fingerprint density at radius 3 is 1.67 bits per heavy atom. The van der Waals surface area contributed by atoms with Gasteiger partial charge in [0.2, 0.25) is 17.7 Å². The Morgan fingerprint density at radius 2 is 1.17 bits per heavy atom. The maximum Gasteiger partial charge on any atom is 0.326 e. The molecule has 4 aromatic rings. The van der Waals surface area contributed by atoms with Gasteiger partial charge in [-0.1, -0.05) is 36.4 Å². The quantitative estimate of drug-likeness (QED) is 0.113. The third-order valence-corrected chi connectivity index (χ3v) is 6.87. The lowest BCUT2D eigenvalue weighted by Crippen LogP contribution is -2.58. The van der Waals surface area contributed by atoms with Gasteiger partial charge in [0.15, 0.2) is 0 Å². The fraction of sp³-hybridized carbons (Fsp3) is 0.276. The van der Waals surface area contributed by atoms with Crippen LogP contribution < -0.4 is 21.7 Å². The van der Waals surface area contributed by atoms with Crippen molar-refractivity contribution in [3.05, 3.63) is 72.1 Å². The zero-order valence-corrected chi connectivity index (χ0v) is 22.7. The molecule has 0 spiro atoms. The number of carboxylic acids is 2. The SMILES string of the molecule is CC(N)C(=O)NC(CC(=O)O)C(=O)NC(Cc1c[nH]c2ccccc12)C(=O)NC(Cc1c[nH]c2ccccc12)C(=O)O. The monoisotopic (exact) mass is 576 g/mol. The summed E-state index contributed by atoms with van der Waals surface area (Å²) < 4.78 is 0. The smallest absolute Gasteiger partial charge is 0.326 e. The van der Waals surface area contributed by atoms with Crippen LogP contribution >= 0.6 is 0 Å². The van der Waals surface area contributed by atoms with Crippen LogP contribution in [0.3, 0.4) is 0 Å². The van der Waals surface area contributed by atoms with Crippen molar-refractivity contribution in [3.63, 3.8) is 0 Å². The van der Waals surface area contributed by atoms with Crippen molar-refractivity contribution >= 4 is 51.5 Å². The Labute approximate surface area is 239 Å². The first-order valence-electron chi connectivity index (χ1n) is 13.2. The molecule has 2 aromatic carbocycles. The molecule has 13 nitrogen and oxygen atoms in total. The van der Waals surface area contributed by atoms with Crippen LogP contribution in [0.25, 0.3) is 21.8 Å². The number of nitrogens with two attached hydrogens (primary N) is 1. The first kappa shape index (κ1) is 29.8. The second-order valence-corrected chi connectivity index (χ2v) is 10.0. The number of para-hydroxylation sites is 2. The first-order chi connectivity index (χ1) is 20.0. The molecule has 13 heteroatoms. The highest BCUT2D eigenvalue weighted by Crippen LogP contribution is 2.21. The summed E-state index contributed by atoms with van der Waals surface area (Å²) in [5.41, 5.74) is 8.49. The normalized spacial score (nSPS) is 14.0. The van der Waals surface area contributed by atoms with Crippen molar-refractivity contribution in [2.75, 3.05) is 0 Å². The van der Waals surface area contributed by atoms with Crippen molar-refractivity contribution in [1.29, 1.82) is 0 Å². The zero-order chi connectivity index (χ0) is 30.4. The number of carbonyl (C=O) groups excluding carboxylic acids is 3. The lowest BCUT2D eigenvalue weighted by Gasteiger charge is -2.24. The van der Waals surface area contributed by atoms with E-state index in [9.17, 15) is 34.2 Å². The molecule has 4 atom stereocenters.